The molecule has 0 saturated carbocycles. The second-order valence-electron chi connectivity index (χ2n) is 8.99. The minimum Gasteiger partial charge on any atom is -0.480 e. The molecule has 0 heterocycles. The molecule has 1 aromatic rings. The summed E-state index contributed by atoms with van der Waals surface area (Å²) in [6.07, 6.45) is 2.63. The largest absolute Gasteiger partial charge is 0.480 e. The molecule has 1 N–H and O–H groups in total. The van der Waals surface area contributed by atoms with Gasteiger partial charge >= 0.3 is 5.97 Å². The Labute approximate surface area is 152 Å². The Morgan fingerprint density at radius 3 is 1.75 bits per heavy atom. The molecule has 0 saturated heterocycles. The van der Waals surface area contributed by atoms with Crippen LogP contribution in [0.1, 0.15) is 85.8 Å². The molecule has 1 unspecified atom stereocenters. The van der Waals surface area contributed by atoms with Crippen molar-refractivity contribution < 1.29 is 9.90 Å². The summed E-state index contributed by atoms with van der Waals surface area (Å²) >= 11 is 1.50. The highest BCUT2D eigenvalue weighted by Crippen LogP contribution is 2.40. The van der Waals surface area contributed by atoms with Gasteiger partial charge in [0.1, 0.15) is 4.75 Å². The standard InChI is InChI=1S/C21H34O2S/c1-9-10-11-21(8,18(22)23)24-17-13-15(19(2,3)4)12-16(14-17)20(5,6)7/h12-14H,9-11H2,1-8H3,(H,22,23). The topological polar surface area (TPSA) is 37.3 Å². The predicted molar refractivity (Wildman–Crippen MR) is 105 cm³/mol. The molecule has 0 amide bonds. The lowest BCUT2D eigenvalue weighted by molar-refractivity contribution is -0.139. The minimum atomic E-state index is -0.776. The van der Waals surface area contributed by atoms with E-state index in [2.05, 4.69) is 66.7 Å². The normalized spacial score (nSPS) is 15.2. The zero-order chi connectivity index (χ0) is 18.8. The van der Waals surface area contributed by atoms with Gasteiger partial charge < -0.3 is 5.11 Å². The van der Waals surface area contributed by atoms with Crippen LogP contribution in [0.2, 0.25) is 0 Å². The summed E-state index contributed by atoms with van der Waals surface area (Å²) in [6, 6.07) is 6.62. The quantitative estimate of drug-likeness (QED) is 0.602. The molecule has 1 atom stereocenters. The third-order valence-electron chi connectivity index (χ3n) is 4.44. The zero-order valence-electron chi connectivity index (χ0n) is 16.6. The summed E-state index contributed by atoms with van der Waals surface area (Å²) in [5.74, 6) is -0.723. The van der Waals surface area contributed by atoms with Crippen LogP contribution in [0.15, 0.2) is 23.1 Å². The van der Waals surface area contributed by atoms with Crippen molar-refractivity contribution in [1.82, 2.24) is 0 Å². The van der Waals surface area contributed by atoms with E-state index >= 15 is 0 Å². The number of carbonyl (C=O) groups is 1. The van der Waals surface area contributed by atoms with Crippen LogP contribution in [0.25, 0.3) is 0 Å². The van der Waals surface area contributed by atoms with Crippen LogP contribution in [0.3, 0.4) is 0 Å². The maximum atomic E-state index is 11.9. The highest BCUT2D eigenvalue weighted by molar-refractivity contribution is 8.01. The van der Waals surface area contributed by atoms with Gasteiger partial charge in [0.25, 0.3) is 0 Å². The van der Waals surface area contributed by atoms with Gasteiger partial charge in [0.05, 0.1) is 0 Å². The summed E-state index contributed by atoms with van der Waals surface area (Å²) in [5.41, 5.74) is 2.61. The Morgan fingerprint density at radius 2 is 1.42 bits per heavy atom. The molecule has 3 heteroatoms. The van der Waals surface area contributed by atoms with Gasteiger partial charge in [-0.25, -0.2) is 0 Å². The SMILES string of the molecule is CCCCC(C)(Sc1cc(C(C)(C)C)cc(C(C)(C)C)c1)C(=O)O. The fraction of sp³-hybridized carbons (Fsp3) is 0.667. The van der Waals surface area contributed by atoms with E-state index in [4.69, 9.17) is 0 Å². The number of carboxylic acid groups (broad SMARTS) is 1. The third kappa shape index (κ3) is 5.54. The Hall–Kier alpha value is -0.960. The minimum absolute atomic E-state index is 0.0413. The van der Waals surface area contributed by atoms with Gasteiger partial charge in [-0.2, -0.15) is 0 Å². The van der Waals surface area contributed by atoms with Crippen molar-refractivity contribution in [3.8, 4) is 0 Å². The first kappa shape index (κ1) is 21.1. The van der Waals surface area contributed by atoms with Crippen LogP contribution in [0, 0.1) is 0 Å². The zero-order valence-corrected chi connectivity index (χ0v) is 17.4. The van der Waals surface area contributed by atoms with E-state index in [1.165, 1.54) is 22.9 Å². The van der Waals surface area contributed by atoms with Crippen LogP contribution in [0.5, 0.6) is 0 Å². The van der Waals surface area contributed by atoms with E-state index < -0.39 is 10.7 Å². The summed E-state index contributed by atoms with van der Waals surface area (Å²) in [5, 5.41) is 9.76. The lowest BCUT2D eigenvalue weighted by Gasteiger charge is -2.29. The molecular formula is C21H34O2S. The van der Waals surface area contributed by atoms with Gasteiger partial charge in [-0.15, -0.1) is 11.8 Å². The Bertz CT molecular complexity index is 546. The number of rotatable bonds is 6. The number of aliphatic carboxylic acids is 1. The fourth-order valence-electron chi connectivity index (χ4n) is 2.50. The fourth-order valence-corrected chi connectivity index (χ4v) is 3.73. The van der Waals surface area contributed by atoms with Crippen molar-refractivity contribution in [2.24, 2.45) is 0 Å². The molecule has 0 bridgehead atoms. The maximum Gasteiger partial charge on any atom is 0.319 e. The van der Waals surface area contributed by atoms with Crippen molar-refractivity contribution in [2.45, 2.75) is 95.1 Å². The summed E-state index contributed by atoms with van der Waals surface area (Å²) < 4.78 is -0.776. The van der Waals surface area contributed by atoms with Crippen LogP contribution in [-0.4, -0.2) is 15.8 Å². The van der Waals surface area contributed by atoms with Crippen LogP contribution < -0.4 is 0 Å². The van der Waals surface area contributed by atoms with E-state index in [9.17, 15) is 9.90 Å². The third-order valence-corrected chi connectivity index (χ3v) is 5.74. The van der Waals surface area contributed by atoms with E-state index in [1.54, 1.807) is 0 Å². The molecule has 0 aliphatic carbocycles. The van der Waals surface area contributed by atoms with Gasteiger partial charge in [0, 0.05) is 4.90 Å². The first-order chi connectivity index (χ1) is 10.8. The van der Waals surface area contributed by atoms with Crippen LogP contribution in [0.4, 0.5) is 0 Å². The van der Waals surface area contributed by atoms with E-state index in [0.717, 1.165) is 17.7 Å². The van der Waals surface area contributed by atoms with E-state index in [-0.39, 0.29) is 10.8 Å². The highest BCUT2D eigenvalue weighted by atomic mass is 32.2. The molecule has 1 aromatic carbocycles. The molecule has 0 spiro atoms. The van der Waals surface area contributed by atoms with Crippen molar-refractivity contribution in [3.05, 3.63) is 29.3 Å². The lowest BCUT2D eigenvalue weighted by atomic mass is 9.81. The van der Waals surface area contributed by atoms with Crippen molar-refractivity contribution in [2.75, 3.05) is 0 Å². The molecule has 0 radical (unpaired) electrons. The molecule has 0 aliphatic heterocycles. The van der Waals surface area contributed by atoms with E-state index in [1.807, 2.05) is 6.92 Å². The van der Waals surface area contributed by atoms with Gasteiger partial charge in [-0.1, -0.05) is 67.4 Å². The number of hydrogen-bond donors (Lipinski definition) is 1. The second-order valence-corrected chi connectivity index (χ2v) is 10.6. The smallest absolute Gasteiger partial charge is 0.319 e. The number of carboxylic acids is 1. The number of unbranched alkanes of at least 4 members (excludes halogenated alkanes) is 1. The van der Waals surface area contributed by atoms with Gasteiger partial charge in [-0.3, -0.25) is 4.79 Å². The average Bonchev–Trinajstić information content (AvgIpc) is 2.42. The van der Waals surface area contributed by atoms with Gasteiger partial charge in [0.15, 0.2) is 0 Å². The van der Waals surface area contributed by atoms with Crippen LogP contribution >= 0.6 is 11.8 Å². The Kier molecular flexibility index (Phi) is 6.60. The van der Waals surface area contributed by atoms with Crippen molar-refractivity contribution in [1.29, 1.82) is 0 Å². The highest BCUT2D eigenvalue weighted by Gasteiger charge is 2.34. The molecule has 0 fully saturated rings. The molecule has 1 rings (SSSR count). The molecule has 2 nitrogen and oxygen atoms in total. The molecule has 136 valence electrons. The summed E-state index contributed by atoms with van der Waals surface area (Å²) in [7, 11) is 0. The lowest BCUT2D eigenvalue weighted by Crippen LogP contribution is -2.31. The number of benzene rings is 1. The van der Waals surface area contributed by atoms with Crippen LogP contribution in [-0.2, 0) is 15.6 Å². The molecule has 24 heavy (non-hydrogen) atoms. The number of thioether (sulfide) groups is 1. The molecule has 0 aromatic heterocycles. The maximum absolute atomic E-state index is 11.9. The Balaban J connectivity index is 3.33. The summed E-state index contributed by atoms with van der Waals surface area (Å²) in [4.78, 5) is 12.9. The van der Waals surface area contributed by atoms with Gasteiger partial charge in [-0.05, 0) is 47.4 Å². The van der Waals surface area contributed by atoms with Crippen molar-refractivity contribution >= 4 is 17.7 Å². The van der Waals surface area contributed by atoms with Gasteiger partial charge in [0.2, 0.25) is 0 Å². The average molecular weight is 351 g/mol. The number of hydrogen-bond acceptors (Lipinski definition) is 2. The first-order valence-electron chi connectivity index (χ1n) is 8.88. The molecule has 0 aliphatic rings. The predicted octanol–water partition coefficient (Wildman–Crippen LogP) is 6.41. The first-order valence-corrected chi connectivity index (χ1v) is 9.70. The Morgan fingerprint density at radius 1 is 0.958 bits per heavy atom. The van der Waals surface area contributed by atoms with Crippen molar-refractivity contribution in [3.63, 3.8) is 0 Å². The monoisotopic (exact) mass is 350 g/mol. The van der Waals surface area contributed by atoms with E-state index in [0.29, 0.717) is 6.42 Å². The second kappa shape index (κ2) is 7.51. The summed E-state index contributed by atoms with van der Waals surface area (Å²) in [6.45, 7) is 17.2. The molecular weight excluding hydrogens is 316 g/mol.